The van der Waals surface area contributed by atoms with Crippen LogP contribution in [0.25, 0.3) is 6.08 Å². The highest BCUT2D eigenvalue weighted by Crippen LogP contribution is 2.16. The smallest absolute Gasteiger partial charge is 0.154 e. The van der Waals surface area contributed by atoms with Crippen molar-refractivity contribution in [2.45, 2.75) is 6.92 Å². The summed E-state index contributed by atoms with van der Waals surface area (Å²) in [5.41, 5.74) is 1.70. The summed E-state index contributed by atoms with van der Waals surface area (Å²) in [5, 5.41) is 17.4. The second-order valence-electron chi connectivity index (χ2n) is 3.35. The van der Waals surface area contributed by atoms with E-state index in [1.54, 1.807) is 14.0 Å². The van der Waals surface area contributed by atoms with Crippen molar-refractivity contribution in [3.63, 3.8) is 0 Å². The van der Waals surface area contributed by atoms with Crippen molar-refractivity contribution in [3.05, 3.63) is 35.4 Å². The molecule has 0 fully saturated rings. The molecule has 0 bridgehead atoms. The third kappa shape index (κ3) is 2.87. The van der Waals surface area contributed by atoms with Gasteiger partial charge in [-0.1, -0.05) is 18.2 Å². The molecule has 16 heavy (non-hydrogen) atoms. The Labute approximate surface area is 95.2 Å². The molecule has 0 unspecified atom stereocenters. The van der Waals surface area contributed by atoms with Gasteiger partial charge in [0.25, 0.3) is 0 Å². The molecule has 0 aliphatic carbocycles. The number of benzene rings is 1. The van der Waals surface area contributed by atoms with Crippen molar-refractivity contribution < 1.29 is 4.74 Å². The van der Waals surface area contributed by atoms with Crippen molar-refractivity contribution >= 4 is 6.08 Å². The molecular weight excluding hydrogens is 200 g/mol. The molecule has 0 aromatic heterocycles. The Hall–Kier alpha value is -2.26. The molecule has 0 aliphatic heterocycles. The molecular formula is C13H12N2O. The minimum atomic E-state index is -0.679. The Morgan fingerprint density at radius 1 is 1.25 bits per heavy atom. The van der Waals surface area contributed by atoms with E-state index >= 15 is 0 Å². The average Bonchev–Trinajstić information content (AvgIpc) is 2.31. The van der Waals surface area contributed by atoms with Crippen molar-refractivity contribution in [2.75, 3.05) is 7.11 Å². The van der Waals surface area contributed by atoms with Gasteiger partial charge in [-0.2, -0.15) is 10.5 Å². The Balaban J connectivity index is 2.91. The van der Waals surface area contributed by atoms with Gasteiger partial charge < -0.3 is 4.74 Å². The van der Waals surface area contributed by atoms with E-state index in [9.17, 15) is 0 Å². The standard InChI is InChI=1S/C13H12N2O/c1-10(12(8-14)9-15)7-11-3-5-13(16-2)6-4-11/h3-7,12H,1-2H3. The van der Waals surface area contributed by atoms with Crippen LogP contribution in [0.4, 0.5) is 0 Å². The molecule has 0 heterocycles. The second-order valence-corrected chi connectivity index (χ2v) is 3.35. The van der Waals surface area contributed by atoms with Gasteiger partial charge in [0.15, 0.2) is 5.92 Å². The van der Waals surface area contributed by atoms with E-state index in [1.165, 1.54) is 0 Å². The summed E-state index contributed by atoms with van der Waals surface area (Å²) in [6.45, 7) is 1.78. The summed E-state index contributed by atoms with van der Waals surface area (Å²) in [6, 6.07) is 11.3. The zero-order chi connectivity index (χ0) is 12.0. The third-order valence-corrected chi connectivity index (χ3v) is 2.22. The van der Waals surface area contributed by atoms with Crippen LogP contribution in [0.2, 0.25) is 0 Å². The Morgan fingerprint density at radius 3 is 2.25 bits per heavy atom. The number of nitriles is 2. The van der Waals surface area contributed by atoms with Gasteiger partial charge in [-0.3, -0.25) is 0 Å². The molecule has 80 valence electrons. The molecule has 0 aliphatic rings. The molecule has 0 spiro atoms. The van der Waals surface area contributed by atoms with Crippen LogP contribution in [0.3, 0.4) is 0 Å². The predicted molar refractivity (Wildman–Crippen MR) is 61.4 cm³/mol. The van der Waals surface area contributed by atoms with Gasteiger partial charge in [-0.05, 0) is 30.2 Å². The predicted octanol–water partition coefficient (Wildman–Crippen LogP) is 2.76. The molecule has 3 nitrogen and oxygen atoms in total. The van der Waals surface area contributed by atoms with Crippen LogP contribution in [-0.4, -0.2) is 7.11 Å². The van der Waals surface area contributed by atoms with Crippen molar-refractivity contribution in [2.24, 2.45) is 5.92 Å². The lowest BCUT2D eigenvalue weighted by Gasteiger charge is -2.02. The van der Waals surface area contributed by atoms with Crippen molar-refractivity contribution in [1.82, 2.24) is 0 Å². The van der Waals surface area contributed by atoms with Crippen LogP contribution in [0.5, 0.6) is 5.75 Å². The largest absolute Gasteiger partial charge is 0.497 e. The number of ether oxygens (including phenoxy) is 1. The maximum absolute atomic E-state index is 8.72. The van der Waals surface area contributed by atoms with E-state index in [4.69, 9.17) is 15.3 Å². The maximum Gasteiger partial charge on any atom is 0.154 e. The van der Waals surface area contributed by atoms with Crippen LogP contribution in [0.15, 0.2) is 29.8 Å². The first-order valence-corrected chi connectivity index (χ1v) is 4.82. The van der Waals surface area contributed by atoms with Crippen LogP contribution < -0.4 is 4.74 Å². The quantitative estimate of drug-likeness (QED) is 0.774. The third-order valence-electron chi connectivity index (χ3n) is 2.22. The highest BCUT2D eigenvalue weighted by molar-refractivity contribution is 5.55. The Bertz CT molecular complexity index is 446. The SMILES string of the molecule is COc1ccc(C=C(C)C(C#N)C#N)cc1. The van der Waals surface area contributed by atoms with Gasteiger partial charge in [-0.25, -0.2) is 0 Å². The summed E-state index contributed by atoms with van der Waals surface area (Å²) < 4.78 is 5.04. The summed E-state index contributed by atoms with van der Waals surface area (Å²) in [6.07, 6.45) is 1.83. The van der Waals surface area contributed by atoms with E-state index in [-0.39, 0.29) is 0 Å². The molecule has 1 rings (SSSR count). The van der Waals surface area contributed by atoms with Gasteiger partial charge in [0.05, 0.1) is 19.2 Å². The van der Waals surface area contributed by atoms with E-state index in [0.29, 0.717) is 0 Å². The van der Waals surface area contributed by atoms with Gasteiger partial charge in [0.1, 0.15) is 5.75 Å². The second kappa shape index (κ2) is 5.58. The lowest BCUT2D eigenvalue weighted by atomic mass is 10.0. The zero-order valence-corrected chi connectivity index (χ0v) is 9.27. The molecule has 0 amide bonds. The molecule has 0 atom stereocenters. The first-order chi connectivity index (χ1) is 7.71. The normalized spacial score (nSPS) is 10.7. The molecule has 0 saturated heterocycles. The van der Waals surface area contributed by atoms with Crippen LogP contribution in [0, 0.1) is 28.6 Å². The highest BCUT2D eigenvalue weighted by atomic mass is 16.5. The molecule has 3 heteroatoms. The molecule has 0 saturated carbocycles. The van der Waals surface area contributed by atoms with Gasteiger partial charge >= 0.3 is 0 Å². The lowest BCUT2D eigenvalue weighted by molar-refractivity contribution is 0.415. The number of methoxy groups -OCH3 is 1. The number of hydrogen-bond donors (Lipinski definition) is 0. The van der Waals surface area contributed by atoms with Crippen molar-refractivity contribution in [3.8, 4) is 17.9 Å². The lowest BCUT2D eigenvalue weighted by Crippen LogP contribution is -1.93. The van der Waals surface area contributed by atoms with Gasteiger partial charge in [0, 0.05) is 0 Å². The van der Waals surface area contributed by atoms with Crippen LogP contribution in [0.1, 0.15) is 12.5 Å². The molecule has 0 N–H and O–H groups in total. The Kier molecular flexibility index (Phi) is 4.12. The van der Waals surface area contributed by atoms with E-state index in [1.807, 2.05) is 42.5 Å². The molecule has 1 aromatic rings. The zero-order valence-electron chi connectivity index (χ0n) is 9.27. The Morgan fingerprint density at radius 2 is 1.81 bits per heavy atom. The number of hydrogen-bond acceptors (Lipinski definition) is 3. The minimum absolute atomic E-state index is 0.679. The van der Waals surface area contributed by atoms with E-state index in [2.05, 4.69) is 0 Å². The monoisotopic (exact) mass is 212 g/mol. The minimum Gasteiger partial charge on any atom is -0.497 e. The van der Waals surface area contributed by atoms with Gasteiger partial charge in [0.2, 0.25) is 0 Å². The van der Waals surface area contributed by atoms with E-state index in [0.717, 1.165) is 16.9 Å². The molecule has 1 aromatic carbocycles. The number of nitrogens with zero attached hydrogens (tertiary/aromatic N) is 2. The van der Waals surface area contributed by atoms with Crippen LogP contribution in [-0.2, 0) is 0 Å². The summed E-state index contributed by atoms with van der Waals surface area (Å²) in [5.74, 6) is 0.106. The van der Waals surface area contributed by atoms with Crippen LogP contribution >= 0.6 is 0 Å². The summed E-state index contributed by atoms with van der Waals surface area (Å²) in [4.78, 5) is 0. The fourth-order valence-electron chi connectivity index (χ4n) is 1.28. The average molecular weight is 212 g/mol. The fourth-order valence-corrected chi connectivity index (χ4v) is 1.28. The highest BCUT2D eigenvalue weighted by Gasteiger charge is 2.07. The fraction of sp³-hybridized carbons (Fsp3) is 0.231. The number of rotatable bonds is 3. The first-order valence-electron chi connectivity index (χ1n) is 4.82. The first kappa shape index (κ1) is 11.8. The molecule has 0 radical (unpaired) electrons. The summed E-state index contributed by atoms with van der Waals surface area (Å²) >= 11 is 0. The number of allylic oxidation sites excluding steroid dienone is 1. The summed E-state index contributed by atoms with van der Waals surface area (Å²) in [7, 11) is 1.61. The van der Waals surface area contributed by atoms with E-state index < -0.39 is 5.92 Å². The maximum atomic E-state index is 8.72. The van der Waals surface area contributed by atoms with Gasteiger partial charge in [-0.15, -0.1) is 0 Å². The topological polar surface area (TPSA) is 56.8 Å². The van der Waals surface area contributed by atoms with Crippen molar-refractivity contribution in [1.29, 1.82) is 10.5 Å².